The molecule has 0 aliphatic rings. The van der Waals surface area contributed by atoms with Crippen molar-refractivity contribution in [2.45, 2.75) is 13.8 Å². The van der Waals surface area contributed by atoms with Crippen molar-refractivity contribution in [2.75, 3.05) is 12.4 Å². The number of nitrogens with zero attached hydrogens (tertiary/aromatic N) is 3. The van der Waals surface area contributed by atoms with E-state index in [1.807, 2.05) is 13.8 Å². The summed E-state index contributed by atoms with van der Waals surface area (Å²) in [5.41, 5.74) is 0. The van der Waals surface area contributed by atoms with Gasteiger partial charge in [-0.05, 0) is 13.8 Å². The molecule has 4 nitrogen and oxygen atoms in total. The summed E-state index contributed by atoms with van der Waals surface area (Å²) in [6.45, 7) is 3.69. The van der Waals surface area contributed by atoms with Gasteiger partial charge in [-0.15, -0.1) is 0 Å². The highest BCUT2D eigenvalue weighted by Gasteiger charge is 1.95. The predicted octanol–water partition coefficient (Wildman–Crippen LogP) is 0.776. The molecule has 0 atom stereocenters. The van der Waals surface area contributed by atoms with Crippen molar-refractivity contribution >= 4 is 5.95 Å². The number of hydrogen-bond acceptors (Lipinski definition) is 4. The summed E-state index contributed by atoms with van der Waals surface area (Å²) in [7, 11) is 1.79. The zero-order chi connectivity index (χ0) is 7.56. The number of rotatable bonds is 1. The summed E-state index contributed by atoms with van der Waals surface area (Å²) in [5.74, 6) is 2.12. The van der Waals surface area contributed by atoms with Gasteiger partial charge in [-0.2, -0.15) is 9.97 Å². The van der Waals surface area contributed by atoms with Gasteiger partial charge in [-0.1, -0.05) is 0 Å². The lowest BCUT2D eigenvalue weighted by molar-refractivity contribution is 0.924. The van der Waals surface area contributed by atoms with Crippen LogP contribution in [0.15, 0.2) is 0 Å². The fourth-order valence-corrected chi connectivity index (χ4v) is 0.727. The van der Waals surface area contributed by atoms with Crippen LogP contribution in [0.3, 0.4) is 0 Å². The molecule has 1 N–H and O–H groups in total. The van der Waals surface area contributed by atoms with Crippen LogP contribution in [0.25, 0.3) is 0 Å². The Morgan fingerprint density at radius 1 is 1.10 bits per heavy atom. The second kappa shape index (κ2) is 2.60. The van der Waals surface area contributed by atoms with Crippen molar-refractivity contribution in [2.24, 2.45) is 0 Å². The zero-order valence-electron chi connectivity index (χ0n) is 6.34. The molecule has 0 aliphatic heterocycles. The van der Waals surface area contributed by atoms with E-state index in [4.69, 9.17) is 0 Å². The fourth-order valence-electron chi connectivity index (χ4n) is 0.727. The van der Waals surface area contributed by atoms with E-state index in [9.17, 15) is 0 Å². The van der Waals surface area contributed by atoms with Gasteiger partial charge >= 0.3 is 0 Å². The van der Waals surface area contributed by atoms with Crippen LogP contribution in [-0.4, -0.2) is 22.0 Å². The van der Waals surface area contributed by atoms with Crippen LogP contribution in [0.2, 0.25) is 0 Å². The molecule has 0 spiro atoms. The lowest BCUT2D eigenvalue weighted by Gasteiger charge is -1.98. The Balaban J connectivity index is 0.000001000. The molecule has 1 aromatic rings. The number of aromatic nitrogens is 3. The molecule has 10 heavy (non-hydrogen) atoms. The standard InChI is InChI=1S/C6H10N4.H2/c1-4-8-5(2)10-6(7-3)9-4;/h1-3H3,(H,7,8,9,10);1H/i;1+1. The number of nitrogens with one attached hydrogen (secondary N) is 1. The molecule has 0 aliphatic carbocycles. The Kier molecular flexibility index (Phi) is 1.80. The Hall–Kier alpha value is -1.19. The van der Waals surface area contributed by atoms with Crippen molar-refractivity contribution in [1.29, 1.82) is 0 Å². The van der Waals surface area contributed by atoms with Crippen molar-refractivity contribution in [3.63, 3.8) is 0 Å². The van der Waals surface area contributed by atoms with Gasteiger partial charge in [0.2, 0.25) is 5.95 Å². The van der Waals surface area contributed by atoms with Crippen LogP contribution in [0.1, 0.15) is 13.1 Å². The van der Waals surface area contributed by atoms with E-state index in [1.54, 1.807) is 7.05 Å². The molecule has 0 fully saturated rings. The third kappa shape index (κ3) is 1.40. The van der Waals surface area contributed by atoms with E-state index < -0.39 is 0 Å². The van der Waals surface area contributed by atoms with Crippen molar-refractivity contribution in [1.82, 2.24) is 15.0 Å². The average molecular weight is 141 g/mol. The van der Waals surface area contributed by atoms with Gasteiger partial charge in [0, 0.05) is 8.47 Å². The molecular formula is C6H12N4. The minimum atomic E-state index is 0. The summed E-state index contributed by atoms with van der Waals surface area (Å²) in [6.07, 6.45) is 0. The third-order valence-corrected chi connectivity index (χ3v) is 1.08. The summed E-state index contributed by atoms with van der Waals surface area (Å²) in [6, 6.07) is 0. The maximum atomic E-state index is 4.02. The van der Waals surface area contributed by atoms with Gasteiger partial charge in [-0.3, -0.25) is 0 Å². The normalized spacial score (nSPS) is 9.50. The monoisotopic (exact) mass is 141 g/mol. The van der Waals surface area contributed by atoms with Crippen LogP contribution in [0.5, 0.6) is 0 Å². The quantitative estimate of drug-likeness (QED) is 0.627. The van der Waals surface area contributed by atoms with E-state index in [0.717, 1.165) is 11.6 Å². The fraction of sp³-hybridized carbons (Fsp3) is 0.500. The molecule has 0 bridgehead atoms. The van der Waals surface area contributed by atoms with E-state index in [2.05, 4.69) is 20.3 Å². The van der Waals surface area contributed by atoms with Crippen molar-refractivity contribution in [3.8, 4) is 0 Å². The second-order valence-corrected chi connectivity index (χ2v) is 2.00. The Morgan fingerprint density at radius 3 is 2.00 bits per heavy atom. The van der Waals surface area contributed by atoms with Gasteiger partial charge in [0.1, 0.15) is 11.6 Å². The molecule has 1 rings (SSSR count). The predicted molar refractivity (Wildman–Crippen MR) is 41.0 cm³/mol. The highest BCUT2D eigenvalue weighted by molar-refractivity contribution is 5.21. The van der Waals surface area contributed by atoms with E-state index in [0.29, 0.717) is 5.95 Å². The Morgan fingerprint density at radius 2 is 1.60 bits per heavy atom. The third-order valence-electron chi connectivity index (χ3n) is 1.08. The summed E-state index contributed by atoms with van der Waals surface area (Å²) >= 11 is 0. The minimum Gasteiger partial charge on any atom is -0.357 e. The zero-order valence-corrected chi connectivity index (χ0v) is 6.34. The number of hydrogen-bond donors (Lipinski definition) is 1. The molecule has 4 heteroatoms. The summed E-state index contributed by atoms with van der Waals surface area (Å²) in [4.78, 5) is 12.1. The number of anilines is 1. The van der Waals surface area contributed by atoms with Gasteiger partial charge in [0.25, 0.3) is 0 Å². The van der Waals surface area contributed by atoms with E-state index in [1.165, 1.54) is 0 Å². The van der Waals surface area contributed by atoms with Gasteiger partial charge in [-0.25, -0.2) is 4.98 Å². The van der Waals surface area contributed by atoms with Crippen molar-refractivity contribution < 1.29 is 1.43 Å². The van der Waals surface area contributed by atoms with Gasteiger partial charge in [0.05, 0.1) is 0 Å². The molecule has 0 amide bonds. The van der Waals surface area contributed by atoms with Crippen LogP contribution < -0.4 is 5.32 Å². The molecule has 0 saturated carbocycles. The lowest BCUT2D eigenvalue weighted by atomic mass is 10.6. The summed E-state index contributed by atoms with van der Waals surface area (Å²) in [5, 5.41) is 2.85. The maximum absolute atomic E-state index is 4.02. The maximum Gasteiger partial charge on any atom is 0.225 e. The largest absolute Gasteiger partial charge is 0.357 e. The van der Waals surface area contributed by atoms with E-state index >= 15 is 0 Å². The smallest absolute Gasteiger partial charge is 0.225 e. The first-order valence-electron chi connectivity index (χ1n) is 3.09. The Labute approximate surface area is 61.2 Å². The molecule has 0 unspecified atom stereocenters. The lowest BCUT2D eigenvalue weighted by Crippen LogP contribution is -2.01. The van der Waals surface area contributed by atoms with Gasteiger partial charge in [0.15, 0.2) is 0 Å². The first kappa shape index (κ1) is 6.92. The van der Waals surface area contributed by atoms with Crippen molar-refractivity contribution in [3.05, 3.63) is 11.6 Å². The molecule has 0 saturated heterocycles. The highest BCUT2D eigenvalue weighted by atomic mass is 15.1. The SMILES string of the molecule is CNc1nc(C)nc(C)n1.[2HH]. The molecule has 1 heterocycles. The molecule has 0 radical (unpaired) electrons. The topological polar surface area (TPSA) is 50.7 Å². The average Bonchev–Trinajstić information content (AvgIpc) is 1.85. The summed E-state index contributed by atoms with van der Waals surface area (Å²) < 4.78 is 0. The number of aryl methyl sites for hydroxylation is 2. The van der Waals surface area contributed by atoms with Gasteiger partial charge < -0.3 is 5.32 Å². The Bertz CT molecular complexity index is 218. The molecular weight excluding hydrogens is 128 g/mol. The van der Waals surface area contributed by atoms with Crippen LogP contribution in [-0.2, 0) is 0 Å². The van der Waals surface area contributed by atoms with Crippen LogP contribution in [0, 0.1) is 13.8 Å². The first-order valence-corrected chi connectivity index (χ1v) is 3.09. The van der Waals surface area contributed by atoms with E-state index in [-0.39, 0.29) is 1.43 Å². The van der Waals surface area contributed by atoms with Crippen LogP contribution >= 0.6 is 0 Å². The highest BCUT2D eigenvalue weighted by Crippen LogP contribution is 1.96. The molecule has 0 aromatic carbocycles. The molecule has 1 aromatic heterocycles. The molecule has 56 valence electrons. The van der Waals surface area contributed by atoms with Crippen LogP contribution in [0.4, 0.5) is 5.95 Å². The first-order chi connectivity index (χ1) is 4.72. The minimum absolute atomic E-state index is 0. The second-order valence-electron chi connectivity index (χ2n) is 2.00.